The minimum absolute atomic E-state index is 0.283. The maximum absolute atomic E-state index is 10.9. The number of amides is 1. The number of rotatable bonds is 4. The number of primary amides is 1. The number of hydrogen-bond donors (Lipinski definition) is 1. The lowest BCUT2D eigenvalue weighted by Gasteiger charge is -2.25. The Morgan fingerprint density at radius 2 is 2.30 bits per heavy atom. The first kappa shape index (κ1) is 14.3. The van der Waals surface area contributed by atoms with Gasteiger partial charge in [-0.05, 0) is 35.6 Å². The van der Waals surface area contributed by atoms with Crippen molar-refractivity contribution in [3.05, 3.63) is 41.0 Å². The Morgan fingerprint density at radius 1 is 1.50 bits per heavy atom. The molecule has 2 rings (SSSR count). The first-order valence-electron chi connectivity index (χ1n) is 6.76. The van der Waals surface area contributed by atoms with Crippen molar-refractivity contribution in [2.24, 2.45) is 5.73 Å². The topological polar surface area (TPSA) is 70.1 Å². The molecule has 20 heavy (non-hydrogen) atoms. The SMILES string of the molecule is Cc1ccc(CC#N)cc1C1=CCN(CC(N)=O)CC1. The van der Waals surface area contributed by atoms with Crippen molar-refractivity contribution in [1.29, 1.82) is 5.26 Å². The number of hydrogen-bond acceptors (Lipinski definition) is 3. The van der Waals surface area contributed by atoms with Gasteiger partial charge in [0, 0.05) is 13.1 Å². The van der Waals surface area contributed by atoms with E-state index in [4.69, 9.17) is 11.0 Å². The number of aryl methyl sites for hydroxylation is 1. The van der Waals surface area contributed by atoms with E-state index in [2.05, 4.69) is 31.2 Å². The van der Waals surface area contributed by atoms with E-state index in [0.717, 1.165) is 25.1 Å². The zero-order valence-electron chi connectivity index (χ0n) is 11.7. The highest BCUT2D eigenvalue weighted by atomic mass is 16.1. The van der Waals surface area contributed by atoms with Crippen molar-refractivity contribution in [3.63, 3.8) is 0 Å². The van der Waals surface area contributed by atoms with Crippen molar-refractivity contribution < 1.29 is 4.79 Å². The summed E-state index contributed by atoms with van der Waals surface area (Å²) < 4.78 is 0. The molecule has 4 heteroatoms. The minimum Gasteiger partial charge on any atom is -0.369 e. The molecule has 4 nitrogen and oxygen atoms in total. The van der Waals surface area contributed by atoms with Crippen LogP contribution >= 0.6 is 0 Å². The Bertz CT molecular complexity index is 584. The van der Waals surface area contributed by atoms with Crippen molar-refractivity contribution >= 4 is 11.5 Å². The van der Waals surface area contributed by atoms with Crippen LogP contribution in [0.25, 0.3) is 5.57 Å². The van der Waals surface area contributed by atoms with Crippen LogP contribution in [-0.4, -0.2) is 30.4 Å². The van der Waals surface area contributed by atoms with Crippen LogP contribution in [0.3, 0.4) is 0 Å². The van der Waals surface area contributed by atoms with Gasteiger partial charge in [-0.3, -0.25) is 9.69 Å². The van der Waals surface area contributed by atoms with E-state index in [1.54, 1.807) is 0 Å². The van der Waals surface area contributed by atoms with Crippen LogP contribution in [0.4, 0.5) is 0 Å². The second-order valence-electron chi connectivity index (χ2n) is 5.16. The van der Waals surface area contributed by atoms with Crippen LogP contribution in [0, 0.1) is 18.3 Å². The Balaban J connectivity index is 2.16. The standard InChI is InChI=1S/C16H19N3O/c1-12-2-3-13(4-7-17)10-15(12)14-5-8-19(9-6-14)11-16(18)20/h2-3,5,10H,4,6,8-9,11H2,1H3,(H2,18,20). The maximum atomic E-state index is 10.9. The third-order valence-corrected chi connectivity index (χ3v) is 3.60. The zero-order valence-corrected chi connectivity index (χ0v) is 11.7. The van der Waals surface area contributed by atoms with Gasteiger partial charge in [0.05, 0.1) is 19.0 Å². The predicted octanol–water partition coefficient (Wildman–Crippen LogP) is 1.64. The molecule has 104 valence electrons. The molecule has 1 aromatic carbocycles. The highest BCUT2D eigenvalue weighted by Gasteiger charge is 2.15. The first-order valence-corrected chi connectivity index (χ1v) is 6.76. The molecule has 0 aromatic heterocycles. The molecule has 2 N–H and O–H groups in total. The van der Waals surface area contributed by atoms with Gasteiger partial charge in [-0.2, -0.15) is 5.26 Å². The summed E-state index contributed by atoms with van der Waals surface area (Å²) in [7, 11) is 0. The van der Waals surface area contributed by atoms with Gasteiger partial charge >= 0.3 is 0 Å². The fourth-order valence-electron chi connectivity index (χ4n) is 2.54. The van der Waals surface area contributed by atoms with Gasteiger partial charge in [0.25, 0.3) is 0 Å². The molecule has 0 aliphatic carbocycles. The van der Waals surface area contributed by atoms with Crippen LogP contribution in [0.5, 0.6) is 0 Å². The van der Waals surface area contributed by atoms with E-state index in [9.17, 15) is 4.79 Å². The predicted molar refractivity (Wildman–Crippen MR) is 78.7 cm³/mol. The summed E-state index contributed by atoms with van der Waals surface area (Å²) in [6.45, 7) is 4.00. The van der Waals surface area contributed by atoms with Gasteiger partial charge in [0.1, 0.15) is 0 Å². The molecule has 0 bridgehead atoms. The third-order valence-electron chi connectivity index (χ3n) is 3.60. The largest absolute Gasteiger partial charge is 0.369 e. The molecule has 0 spiro atoms. The number of nitrogens with two attached hydrogens (primary N) is 1. The van der Waals surface area contributed by atoms with E-state index in [0.29, 0.717) is 13.0 Å². The summed E-state index contributed by atoms with van der Waals surface area (Å²) in [5.74, 6) is -0.283. The van der Waals surface area contributed by atoms with Crippen molar-refractivity contribution in [2.45, 2.75) is 19.8 Å². The van der Waals surface area contributed by atoms with E-state index < -0.39 is 0 Å². The number of nitrogens with zero attached hydrogens (tertiary/aromatic N) is 2. The Kier molecular flexibility index (Phi) is 4.54. The molecule has 0 saturated carbocycles. The Labute approximate surface area is 119 Å². The zero-order chi connectivity index (χ0) is 14.5. The van der Waals surface area contributed by atoms with Gasteiger partial charge < -0.3 is 5.73 Å². The van der Waals surface area contributed by atoms with Gasteiger partial charge in [0.15, 0.2) is 0 Å². The maximum Gasteiger partial charge on any atom is 0.231 e. The summed E-state index contributed by atoms with van der Waals surface area (Å²) in [6.07, 6.45) is 3.50. The normalized spacial score (nSPS) is 15.5. The van der Waals surface area contributed by atoms with Crippen molar-refractivity contribution in [2.75, 3.05) is 19.6 Å². The van der Waals surface area contributed by atoms with Crippen molar-refractivity contribution in [3.8, 4) is 6.07 Å². The highest BCUT2D eigenvalue weighted by Crippen LogP contribution is 2.26. The molecule has 1 aromatic rings. The summed E-state index contributed by atoms with van der Waals surface area (Å²) >= 11 is 0. The Morgan fingerprint density at radius 3 is 2.90 bits per heavy atom. The molecule has 0 radical (unpaired) electrons. The molecule has 0 saturated heterocycles. The van der Waals surface area contributed by atoms with Crippen LogP contribution in [0.1, 0.15) is 23.1 Å². The van der Waals surface area contributed by atoms with Gasteiger partial charge in [-0.15, -0.1) is 0 Å². The lowest BCUT2D eigenvalue weighted by Crippen LogP contribution is -2.36. The number of carbonyl (C=O) groups excluding carboxylic acids is 1. The average Bonchev–Trinajstić information content (AvgIpc) is 2.42. The lowest BCUT2D eigenvalue weighted by molar-refractivity contribution is -0.119. The molecular formula is C16H19N3O. The molecule has 1 aliphatic heterocycles. The molecule has 1 heterocycles. The quantitative estimate of drug-likeness (QED) is 0.903. The summed E-state index contributed by atoms with van der Waals surface area (Å²) in [5.41, 5.74) is 10.0. The minimum atomic E-state index is -0.283. The second kappa shape index (κ2) is 6.36. The number of benzene rings is 1. The number of nitriles is 1. The first-order chi connectivity index (χ1) is 9.60. The molecule has 1 amide bonds. The van der Waals surface area contributed by atoms with Crippen LogP contribution < -0.4 is 5.73 Å². The number of carbonyl (C=O) groups is 1. The van der Waals surface area contributed by atoms with Gasteiger partial charge in [0.2, 0.25) is 5.91 Å². The summed E-state index contributed by atoms with van der Waals surface area (Å²) in [5, 5.41) is 8.79. The molecule has 1 aliphatic rings. The summed E-state index contributed by atoms with van der Waals surface area (Å²) in [4.78, 5) is 13.0. The smallest absolute Gasteiger partial charge is 0.231 e. The van der Waals surface area contributed by atoms with Crippen LogP contribution in [0.2, 0.25) is 0 Å². The van der Waals surface area contributed by atoms with E-state index in [-0.39, 0.29) is 5.91 Å². The van der Waals surface area contributed by atoms with E-state index >= 15 is 0 Å². The van der Waals surface area contributed by atoms with Gasteiger partial charge in [-0.1, -0.05) is 24.3 Å². The van der Waals surface area contributed by atoms with Crippen LogP contribution in [-0.2, 0) is 11.2 Å². The fraction of sp³-hybridized carbons (Fsp3) is 0.375. The average molecular weight is 269 g/mol. The highest BCUT2D eigenvalue weighted by molar-refractivity contribution is 5.76. The molecule has 0 unspecified atom stereocenters. The van der Waals surface area contributed by atoms with Gasteiger partial charge in [-0.25, -0.2) is 0 Å². The molecule has 0 atom stereocenters. The van der Waals surface area contributed by atoms with Crippen LogP contribution in [0.15, 0.2) is 24.3 Å². The molecule has 0 fully saturated rings. The van der Waals surface area contributed by atoms with Crippen molar-refractivity contribution in [1.82, 2.24) is 4.90 Å². The van der Waals surface area contributed by atoms with E-state index in [1.165, 1.54) is 16.7 Å². The fourth-order valence-corrected chi connectivity index (χ4v) is 2.54. The summed E-state index contributed by atoms with van der Waals surface area (Å²) in [6, 6.07) is 8.36. The van der Waals surface area contributed by atoms with E-state index in [1.807, 2.05) is 11.0 Å². The molecular weight excluding hydrogens is 250 g/mol. The lowest BCUT2D eigenvalue weighted by atomic mass is 9.93. The second-order valence-corrected chi connectivity index (χ2v) is 5.16. The third kappa shape index (κ3) is 3.46. The monoisotopic (exact) mass is 269 g/mol. The Hall–Kier alpha value is -2.12.